The highest BCUT2D eigenvalue weighted by Gasteiger charge is 2.28. The summed E-state index contributed by atoms with van der Waals surface area (Å²) >= 11 is 6.41. The second-order valence-electron chi connectivity index (χ2n) is 8.82. The van der Waals surface area contributed by atoms with Crippen LogP contribution in [0.1, 0.15) is 32.3 Å². The van der Waals surface area contributed by atoms with Crippen LogP contribution in [-0.4, -0.2) is 25.8 Å². The number of H-pyrrole nitrogens is 1. The zero-order chi connectivity index (χ0) is 23.7. The Balaban J connectivity index is 1.43. The van der Waals surface area contributed by atoms with E-state index in [1.807, 2.05) is 42.5 Å². The number of hydrogen-bond donors (Lipinski definition) is 4. The van der Waals surface area contributed by atoms with Gasteiger partial charge in [0.25, 0.3) is 0 Å². The van der Waals surface area contributed by atoms with Crippen molar-refractivity contribution in [1.29, 1.82) is 0 Å². The third-order valence-corrected chi connectivity index (χ3v) is 6.21. The number of nitrogens with zero attached hydrogens (tertiary/aromatic N) is 3. The molecule has 0 aliphatic carbocycles. The second kappa shape index (κ2) is 8.79. The van der Waals surface area contributed by atoms with Gasteiger partial charge in [-0.15, -0.1) is 0 Å². The van der Waals surface area contributed by atoms with E-state index in [-0.39, 0.29) is 11.3 Å². The number of carbonyl (C=O) groups excluding carboxylic acids is 1. The maximum atomic E-state index is 12.1. The molecule has 2 aromatic heterocycles. The summed E-state index contributed by atoms with van der Waals surface area (Å²) in [7, 11) is 0. The topological polar surface area (TPSA) is 108 Å². The first-order valence-corrected chi connectivity index (χ1v) is 11.4. The largest absolute Gasteiger partial charge is 0.345 e. The smallest absolute Gasteiger partial charge is 0.229 e. The number of rotatable bonds is 5. The molecule has 1 aliphatic rings. The van der Waals surface area contributed by atoms with E-state index >= 15 is 0 Å². The molecule has 1 amide bonds. The number of para-hydroxylation sites is 1. The van der Waals surface area contributed by atoms with Gasteiger partial charge in [-0.3, -0.25) is 4.79 Å². The van der Waals surface area contributed by atoms with Gasteiger partial charge in [0.2, 0.25) is 11.9 Å². The highest BCUT2D eigenvalue weighted by atomic mass is 35.5. The molecule has 0 radical (unpaired) electrons. The average molecular weight is 474 g/mol. The molecule has 0 bridgehead atoms. The number of aromatic nitrogens is 4. The molecule has 34 heavy (non-hydrogen) atoms. The Morgan fingerprint density at radius 1 is 1.09 bits per heavy atom. The number of benzene rings is 2. The number of anilines is 5. The summed E-state index contributed by atoms with van der Waals surface area (Å²) in [5.74, 6) is 1.66. The van der Waals surface area contributed by atoms with E-state index in [4.69, 9.17) is 11.6 Å². The van der Waals surface area contributed by atoms with Gasteiger partial charge in [-0.25, -0.2) is 9.97 Å². The molecule has 8 nitrogen and oxygen atoms in total. The van der Waals surface area contributed by atoms with Crippen molar-refractivity contribution in [3.63, 3.8) is 0 Å². The van der Waals surface area contributed by atoms with Crippen LogP contribution in [0.3, 0.4) is 0 Å². The van der Waals surface area contributed by atoms with Crippen molar-refractivity contribution in [3.8, 4) is 11.4 Å². The molecule has 4 N–H and O–H groups in total. The van der Waals surface area contributed by atoms with Crippen molar-refractivity contribution >= 4 is 46.3 Å². The molecule has 3 heterocycles. The van der Waals surface area contributed by atoms with Crippen molar-refractivity contribution in [2.75, 3.05) is 16.0 Å². The molecule has 172 valence electrons. The zero-order valence-corrected chi connectivity index (χ0v) is 19.6. The van der Waals surface area contributed by atoms with E-state index in [0.29, 0.717) is 23.2 Å². The van der Waals surface area contributed by atoms with Crippen LogP contribution in [0.15, 0.2) is 61.1 Å². The molecule has 0 atom stereocenters. The highest BCUT2D eigenvalue weighted by molar-refractivity contribution is 6.33. The third kappa shape index (κ3) is 4.45. The molecule has 0 saturated heterocycles. The van der Waals surface area contributed by atoms with Crippen molar-refractivity contribution in [3.05, 3.63) is 71.6 Å². The predicted molar refractivity (Wildman–Crippen MR) is 135 cm³/mol. The Morgan fingerprint density at radius 3 is 2.76 bits per heavy atom. The number of amides is 1. The van der Waals surface area contributed by atoms with Gasteiger partial charge in [0.05, 0.1) is 11.9 Å². The van der Waals surface area contributed by atoms with Crippen LogP contribution in [0.4, 0.5) is 28.8 Å². The Morgan fingerprint density at radius 2 is 1.94 bits per heavy atom. The first kappa shape index (κ1) is 21.9. The van der Waals surface area contributed by atoms with Crippen molar-refractivity contribution in [2.24, 2.45) is 0 Å². The van der Waals surface area contributed by atoms with Crippen molar-refractivity contribution in [1.82, 2.24) is 19.9 Å². The quantitative estimate of drug-likeness (QED) is 0.282. The first-order chi connectivity index (χ1) is 16.4. The van der Waals surface area contributed by atoms with Gasteiger partial charge in [-0.2, -0.15) is 4.98 Å². The molecule has 0 spiro atoms. The number of halogens is 1. The molecule has 0 fully saturated rings. The van der Waals surface area contributed by atoms with Crippen LogP contribution in [0.25, 0.3) is 11.4 Å². The van der Waals surface area contributed by atoms with Crippen LogP contribution in [0, 0.1) is 0 Å². The van der Waals surface area contributed by atoms with Gasteiger partial charge >= 0.3 is 0 Å². The lowest BCUT2D eigenvalue weighted by Gasteiger charge is -2.25. The third-order valence-electron chi connectivity index (χ3n) is 5.93. The van der Waals surface area contributed by atoms with Gasteiger partial charge in [-0.1, -0.05) is 37.6 Å². The standard InChI is InChI=1S/C25H24ClN7O/c1-25(2)10-9-21(34)31-20-8-7-15(13-17(20)25)30-24-29-14-18(26)23(33-24)32-19-6-4-3-5-16(19)22-27-11-12-28-22/h3-8,11-14H,9-10H2,1-2H3,(H,27,28)(H,31,34)(H2,29,30,32,33). The summed E-state index contributed by atoms with van der Waals surface area (Å²) in [6.45, 7) is 4.29. The molecule has 2 aromatic carbocycles. The molecule has 4 aromatic rings. The molecule has 9 heteroatoms. The van der Waals surface area contributed by atoms with Crippen LogP contribution >= 0.6 is 11.6 Å². The summed E-state index contributed by atoms with van der Waals surface area (Å²) in [4.78, 5) is 28.5. The summed E-state index contributed by atoms with van der Waals surface area (Å²) in [5.41, 5.74) is 4.30. The molecular formula is C25H24ClN7O. The van der Waals surface area contributed by atoms with Gasteiger partial charge < -0.3 is 20.9 Å². The molecule has 1 aliphatic heterocycles. The van der Waals surface area contributed by atoms with Crippen LogP contribution in [0.5, 0.6) is 0 Å². The highest BCUT2D eigenvalue weighted by Crippen LogP contribution is 2.38. The normalized spacial score (nSPS) is 14.6. The summed E-state index contributed by atoms with van der Waals surface area (Å²) in [6, 6.07) is 13.6. The molecular weight excluding hydrogens is 450 g/mol. The zero-order valence-electron chi connectivity index (χ0n) is 18.8. The minimum atomic E-state index is -0.144. The SMILES string of the molecule is CC1(C)CCC(=O)Nc2ccc(Nc3ncc(Cl)c(Nc4ccccc4-c4ncc[nH]4)n3)cc21. The number of aromatic amines is 1. The molecule has 0 unspecified atom stereocenters. The number of imidazole rings is 1. The second-order valence-corrected chi connectivity index (χ2v) is 9.22. The van der Waals surface area contributed by atoms with Crippen LogP contribution in [-0.2, 0) is 10.2 Å². The Bertz CT molecular complexity index is 1350. The van der Waals surface area contributed by atoms with E-state index < -0.39 is 0 Å². The Kier molecular flexibility index (Phi) is 5.67. The minimum Gasteiger partial charge on any atom is -0.345 e. The van der Waals surface area contributed by atoms with E-state index in [9.17, 15) is 4.79 Å². The fraction of sp³-hybridized carbons (Fsp3) is 0.200. The van der Waals surface area contributed by atoms with Gasteiger partial charge in [0.1, 0.15) is 10.8 Å². The van der Waals surface area contributed by atoms with E-state index in [1.165, 1.54) is 0 Å². The van der Waals surface area contributed by atoms with Gasteiger partial charge in [-0.05, 0) is 47.7 Å². The summed E-state index contributed by atoms with van der Waals surface area (Å²) in [6.07, 6.45) is 6.32. The fourth-order valence-corrected chi connectivity index (χ4v) is 4.19. The lowest BCUT2D eigenvalue weighted by molar-refractivity contribution is -0.116. The van der Waals surface area contributed by atoms with Crippen LogP contribution < -0.4 is 16.0 Å². The first-order valence-electron chi connectivity index (χ1n) is 11.0. The summed E-state index contributed by atoms with van der Waals surface area (Å²) in [5, 5.41) is 9.96. The maximum Gasteiger partial charge on any atom is 0.229 e. The Labute approximate surface area is 202 Å². The van der Waals surface area contributed by atoms with Gasteiger partial charge in [0, 0.05) is 35.8 Å². The van der Waals surface area contributed by atoms with Crippen molar-refractivity contribution in [2.45, 2.75) is 32.1 Å². The number of hydrogen-bond acceptors (Lipinski definition) is 6. The van der Waals surface area contributed by atoms with Crippen LogP contribution in [0.2, 0.25) is 5.02 Å². The predicted octanol–water partition coefficient (Wildman–Crippen LogP) is 6.02. The molecule has 0 saturated carbocycles. The average Bonchev–Trinajstić information content (AvgIpc) is 3.32. The summed E-state index contributed by atoms with van der Waals surface area (Å²) < 4.78 is 0. The Hall–Kier alpha value is -3.91. The minimum absolute atomic E-state index is 0.0408. The molecule has 5 rings (SSSR count). The monoisotopic (exact) mass is 473 g/mol. The van der Waals surface area contributed by atoms with E-state index in [1.54, 1.807) is 18.6 Å². The number of fused-ring (bicyclic) bond motifs is 1. The fourth-order valence-electron chi connectivity index (χ4n) is 4.05. The van der Waals surface area contributed by atoms with Gasteiger partial charge in [0.15, 0.2) is 5.82 Å². The number of carbonyl (C=O) groups is 1. The van der Waals surface area contributed by atoms with E-state index in [2.05, 4.69) is 49.7 Å². The van der Waals surface area contributed by atoms with Crippen molar-refractivity contribution < 1.29 is 4.79 Å². The maximum absolute atomic E-state index is 12.1. The number of nitrogens with one attached hydrogen (secondary N) is 4. The lowest BCUT2D eigenvalue weighted by atomic mass is 9.80. The lowest BCUT2D eigenvalue weighted by Crippen LogP contribution is -2.16. The van der Waals surface area contributed by atoms with E-state index in [0.717, 1.165) is 40.4 Å².